The zero-order valence-corrected chi connectivity index (χ0v) is 11.4. The first-order chi connectivity index (χ1) is 9.72. The summed E-state index contributed by atoms with van der Waals surface area (Å²) in [5.41, 5.74) is 1.04. The molecular formula is C15H12ClN3O. The number of carbonyl (C=O) groups excluding carboxylic acids is 1. The summed E-state index contributed by atoms with van der Waals surface area (Å²) in [6.45, 7) is 0.323. The van der Waals surface area contributed by atoms with Gasteiger partial charge in [0, 0.05) is 18.4 Å². The van der Waals surface area contributed by atoms with E-state index in [4.69, 9.17) is 16.9 Å². The Morgan fingerprint density at radius 1 is 1.25 bits per heavy atom. The third-order valence-electron chi connectivity index (χ3n) is 2.71. The smallest absolute Gasteiger partial charge is 0.276 e. The number of amides is 1. The number of benzene rings is 1. The highest BCUT2D eigenvalue weighted by molar-refractivity contribution is 6.30. The van der Waals surface area contributed by atoms with Gasteiger partial charge in [0.1, 0.15) is 5.69 Å². The second-order valence-electron chi connectivity index (χ2n) is 4.06. The number of nitriles is 1. The van der Waals surface area contributed by atoms with E-state index >= 15 is 0 Å². The van der Waals surface area contributed by atoms with E-state index in [0.717, 1.165) is 5.69 Å². The Labute approximate surface area is 122 Å². The quantitative estimate of drug-likeness (QED) is 0.866. The minimum Gasteiger partial charge on any atom is -0.306 e. The third kappa shape index (κ3) is 3.34. The lowest BCUT2D eigenvalue weighted by Gasteiger charge is -2.21. The molecule has 0 aliphatic heterocycles. The standard InChI is InChI=1S/C15H12ClN3O/c16-12-7-8-14(18-11-12)15(20)19(10-4-9-17)13-5-2-1-3-6-13/h1-3,5-8,11H,4,10H2. The highest BCUT2D eigenvalue weighted by Gasteiger charge is 2.18. The molecule has 1 aromatic carbocycles. The molecule has 0 unspecified atom stereocenters. The van der Waals surface area contributed by atoms with Gasteiger partial charge in [-0.05, 0) is 24.3 Å². The molecule has 0 fully saturated rings. The van der Waals surface area contributed by atoms with Crippen molar-refractivity contribution in [1.82, 2.24) is 4.98 Å². The van der Waals surface area contributed by atoms with Crippen LogP contribution in [-0.4, -0.2) is 17.4 Å². The average molecular weight is 286 g/mol. The van der Waals surface area contributed by atoms with Gasteiger partial charge < -0.3 is 4.90 Å². The maximum Gasteiger partial charge on any atom is 0.276 e. The predicted molar refractivity (Wildman–Crippen MR) is 77.6 cm³/mol. The Balaban J connectivity index is 2.29. The summed E-state index contributed by atoms with van der Waals surface area (Å²) in [6, 6.07) is 14.5. The molecule has 0 atom stereocenters. The minimum atomic E-state index is -0.247. The molecule has 0 radical (unpaired) electrons. The van der Waals surface area contributed by atoms with Crippen LogP contribution in [-0.2, 0) is 0 Å². The van der Waals surface area contributed by atoms with Crippen LogP contribution in [0, 0.1) is 11.3 Å². The summed E-state index contributed by atoms with van der Waals surface area (Å²) >= 11 is 5.77. The van der Waals surface area contributed by atoms with Crippen molar-refractivity contribution in [3.05, 3.63) is 59.4 Å². The number of halogens is 1. The number of hydrogen-bond donors (Lipinski definition) is 0. The summed E-state index contributed by atoms with van der Waals surface area (Å²) in [7, 11) is 0. The van der Waals surface area contributed by atoms with Crippen LogP contribution < -0.4 is 4.90 Å². The topological polar surface area (TPSA) is 57.0 Å². The van der Waals surface area contributed by atoms with Gasteiger partial charge in [-0.15, -0.1) is 0 Å². The number of para-hydroxylation sites is 1. The minimum absolute atomic E-state index is 0.247. The zero-order valence-electron chi connectivity index (χ0n) is 10.7. The molecule has 0 aliphatic carbocycles. The first kappa shape index (κ1) is 14.0. The van der Waals surface area contributed by atoms with Crippen molar-refractivity contribution in [2.75, 3.05) is 11.4 Å². The van der Waals surface area contributed by atoms with Crippen molar-refractivity contribution in [3.8, 4) is 6.07 Å². The molecular weight excluding hydrogens is 274 g/mol. The number of nitrogens with zero attached hydrogens (tertiary/aromatic N) is 3. The van der Waals surface area contributed by atoms with Crippen molar-refractivity contribution in [1.29, 1.82) is 5.26 Å². The molecule has 0 N–H and O–H groups in total. The van der Waals surface area contributed by atoms with Crippen LogP contribution in [0.5, 0.6) is 0 Å². The van der Waals surface area contributed by atoms with E-state index in [2.05, 4.69) is 4.98 Å². The van der Waals surface area contributed by atoms with E-state index in [1.807, 2.05) is 36.4 Å². The van der Waals surface area contributed by atoms with Crippen LogP contribution >= 0.6 is 11.6 Å². The maximum atomic E-state index is 12.5. The van der Waals surface area contributed by atoms with Gasteiger partial charge in [0.15, 0.2) is 0 Å². The summed E-state index contributed by atoms with van der Waals surface area (Å²) < 4.78 is 0. The van der Waals surface area contributed by atoms with Crippen molar-refractivity contribution in [2.24, 2.45) is 0 Å². The van der Waals surface area contributed by atoms with Crippen LogP contribution in [0.2, 0.25) is 5.02 Å². The molecule has 2 aromatic rings. The van der Waals surface area contributed by atoms with E-state index in [1.54, 1.807) is 17.0 Å². The van der Waals surface area contributed by atoms with Gasteiger partial charge >= 0.3 is 0 Å². The van der Waals surface area contributed by atoms with Crippen molar-refractivity contribution < 1.29 is 4.79 Å². The fourth-order valence-corrected chi connectivity index (χ4v) is 1.87. The number of rotatable bonds is 4. The summed E-state index contributed by atoms with van der Waals surface area (Å²) in [5.74, 6) is -0.247. The van der Waals surface area contributed by atoms with E-state index in [-0.39, 0.29) is 12.3 Å². The number of carbonyl (C=O) groups is 1. The van der Waals surface area contributed by atoms with E-state index in [1.165, 1.54) is 6.20 Å². The second kappa shape index (κ2) is 6.69. The van der Waals surface area contributed by atoms with Crippen LogP contribution in [0.15, 0.2) is 48.7 Å². The fraction of sp³-hybridized carbons (Fsp3) is 0.133. The molecule has 5 heteroatoms. The van der Waals surface area contributed by atoms with Gasteiger partial charge in [-0.2, -0.15) is 5.26 Å². The highest BCUT2D eigenvalue weighted by Crippen LogP contribution is 2.17. The van der Waals surface area contributed by atoms with E-state index < -0.39 is 0 Å². The molecule has 0 saturated heterocycles. The monoisotopic (exact) mass is 285 g/mol. The van der Waals surface area contributed by atoms with E-state index in [0.29, 0.717) is 17.3 Å². The number of aromatic nitrogens is 1. The molecule has 1 amide bonds. The van der Waals surface area contributed by atoms with Crippen molar-refractivity contribution in [2.45, 2.75) is 6.42 Å². The summed E-state index contributed by atoms with van der Waals surface area (Å²) in [4.78, 5) is 18.0. The molecule has 2 rings (SSSR count). The molecule has 1 aromatic heterocycles. The molecule has 100 valence electrons. The predicted octanol–water partition coefficient (Wildman–Crippen LogP) is 3.30. The molecule has 4 nitrogen and oxygen atoms in total. The normalized spacial score (nSPS) is 9.80. The lowest BCUT2D eigenvalue weighted by atomic mass is 10.2. The lowest BCUT2D eigenvalue weighted by Crippen LogP contribution is -2.32. The van der Waals surface area contributed by atoms with Gasteiger partial charge in [0.2, 0.25) is 0 Å². The van der Waals surface area contributed by atoms with Crippen LogP contribution in [0.4, 0.5) is 5.69 Å². The number of anilines is 1. The first-order valence-electron chi connectivity index (χ1n) is 6.08. The van der Waals surface area contributed by atoms with Crippen LogP contribution in [0.3, 0.4) is 0 Å². The molecule has 0 bridgehead atoms. The third-order valence-corrected chi connectivity index (χ3v) is 2.93. The van der Waals surface area contributed by atoms with Gasteiger partial charge in [-0.1, -0.05) is 29.8 Å². The molecule has 0 saturated carbocycles. The summed E-state index contributed by atoms with van der Waals surface area (Å²) in [5, 5.41) is 9.21. The zero-order chi connectivity index (χ0) is 14.4. The largest absolute Gasteiger partial charge is 0.306 e. The maximum absolute atomic E-state index is 12.5. The fourth-order valence-electron chi connectivity index (χ4n) is 1.76. The number of pyridine rings is 1. The Hall–Kier alpha value is -2.38. The molecule has 0 aliphatic rings. The van der Waals surface area contributed by atoms with Crippen LogP contribution in [0.25, 0.3) is 0 Å². The summed E-state index contributed by atoms with van der Waals surface area (Å²) in [6.07, 6.45) is 1.69. The number of hydrogen-bond acceptors (Lipinski definition) is 3. The second-order valence-corrected chi connectivity index (χ2v) is 4.50. The SMILES string of the molecule is N#CCCN(C(=O)c1ccc(Cl)cn1)c1ccccc1. The lowest BCUT2D eigenvalue weighted by molar-refractivity contribution is 0.0982. The Bertz CT molecular complexity index is 620. The van der Waals surface area contributed by atoms with Crippen molar-refractivity contribution in [3.63, 3.8) is 0 Å². The first-order valence-corrected chi connectivity index (χ1v) is 6.45. The van der Waals surface area contributed by atoms with Crippen LogP contribution in [0.1, 0.15) is 16.9 Å². The van der Waals surface area contributed by atoms with Gasteiger partial charge in [0.05, 0.1) is 17.5 Å². The molecule has 20 heavy (non-hydrogen) atoms. The molecule has 0 spiro atoms. The average Bonchev–Trinajstić information content (AvgIpc) is 2.49. The van der Waals surface area contributed by atoms with Crippen molar-refractivity contribution >= 4 is 23.2 Å². The Morgan fingerprint density at radius 2 is 2.00 bits per heavy atom. The molecule has 1 heterocycles. The highest BCUT2D eigenvalue weighted by atomic mass is 35.5. The van der Waals surface area contributed by atoms with E-state index in [9.17, 15) is 4.79 Å². The van der Waals surface area contributed by atoms with Gasteiger partial charge in [-0.25, -0.2) is 4.98 Å². The van der Waals surface area contributed by atoms with Gasteiger partial charge in [0.25, 0.3) is 5.91 Å². The Kier molecular flexibility index (Phi) is 4.70. The Morgan fingerprint density at radius 3 is 2.60 bits per heavy atom. The van der Waals surface area contributed by atoms with Gasteiger partial charge in [-0.3, -0.25) is 4.79 Å².